The van der Waals surface area contributed by atoms with Crippen LogP contribution in [0.2, 0.25) is 0 Å². The van der Waals surface area contributed by atoms with Gasteiger partial charge in [-0.1, -0.05) is 35.9 Å². The van der Waals surface area contributed by atoms with Crippen molar-refractivity contribution in [2.75, 3.05) is 13.1 Å². The van der Waals surface area contributed by atoms with Crippen LogP contribution < -0.4 is 10.6 Å². The zero-order valence-corrected chi connectivity index (χ0v) is 23.1. The first-order chi connectivity index (χ1) is 19.0. The Morgan fingerprint density at radius 2 is 1.85 bits per heavy atom. The zero-order valence-electron chi connectivity index (χ0n) is 22.2. The highest BCUT2D eigenvalue weighted by Gasteiger charge is 2.38. The summed E-state index contributed by atoms with van der Waals surface area (Å²) in [7, 11) is -3.83. The summed E-state index contributed by atoms with van der Waals surface area (Å²) in [5.41, 5.74) is 4.46. The normalized spacial score (nSPS) is 19.6. The van der Waals surface area contributed by atoms with Crippen LogP contribution >= 0.6 is 0 Å². The maximum atomic E-state index is 13.7. The molecule has 1 aromatic heterocycles. The molecular formula is C29H33F3N4O3S. The van der Waals surface area contributed by atoms with Crippen LogP contribution in [0, 0.1) is 6.92 Å². The van der Waals surface area contributed by atoms with Gasteiger partial charge < -0.3 is 15.2 Å². The SMILES string of the molecule is Cc1ccc(S(=O)(=O)N2CCn3cccc3C2CC(=O)NC2CCCc3cc(CNCC(F)(F)F)ccc32)cc1. The minimum Gasteiger partial charge on any atom is -0.349 e. The van der Waals surface area contributed by atoms with Crippen LogP contribution in [0.1, 0.15) is 59.3 Å². The molecule has 2 heterocycles. The maximum absolute atomic E-state index is 13.7. The van der Waals surface area contributed by atoms with E-state index in [4.69, 9.17) is 0 Å². The lowest BCUT2D eigenvalue weighted by Gasteiger charge is -2.36. The molecule has 0 radical (unpaired) electrons. The molecule has 214 valence electrons. The first kappa shape index (κ1) is 28.4. The average molecular weight is 575 g/mol. The summed E-state index contributed by atoms with van der Waals surface area (Å²) in [6.07, 6.45) is -0.0461. The van der Waals surface area contributed by atoms with E-state index >= 15 is 0 Å². The summed E-state index contributed by atoms with van der Waals surface area (Å²) in [6, 6.07) is 15.1. The van der Waals surface area contributed by atoms with E-state index in [-0.39, 0.29) is 36.4 Å². The minimum absolute atomic E-state index is 0.0274. The number of halogens is 3. The van der Waals surface area contributed by atoms with E-state index in [2.05, 4.69) is 10.6 Å². The first-order valence-corrected chi connectivity index (χ1v) is 14.9. The number of fused-ring (bicyclic) bond motifs is 2. The second-order valence-corrected chi connectivity index (χ2v) is 12.4. The number of hydrogen-bond donors (Lipinski definition) is 2. The summed E-state index contributed by atoms with van der Waals surface area (Å²) in [6.45, 7) is 1.71. The molecule has 0 bridgehead atoms. The molecular weight excluding hydrogens is 541 g/mol. The Morgan fingerprint density at radius 3 is 2.60 bits per heavy atom. The second kappa shape index (κ2) is 11.4. The highest BCUT2D eigenvalue weighted by Crippen LogP contribution is 2.35. The third kappa shape index (κ3) is 6.26. The molecule has 2 unspecified atom stereocenters. The van der Waals surface area contributed by atoms with Crippen LogP contribution in [0.4, 0.5) is 13.2 Å². The first-order valence-electron chi connectivity index (χ1n) is 13.4. The van der Waals surface area contributed by atoms with E-state index in [9.17, 15) is 26.4 Å². The second-order valence-electron chi connectivity index (χ2n) is 10.5. The lowest BCUT2D eigenvalue weighted by molar-refractivity contribution is -0.125. The van der Waals surface area contributed by atoms with Crippen molar-refractivity contribution in [1.82, 2.24) is 19.5 Å². The van der Waals surface area contributed by atoms with Crippen molar-refractivity contribution < 1.29 is 26.4 Å². The number of nitrogens with one attached hydrogen (secondary N) is 2. The van der Waals surface area contributed by atoms with E-state index in [1.165, 1.54) is 4.31 Å². The number of amides is 1. The van der Waals surface area contributed by atoms with E-state index in [1.54, 1.807) is 30.3 Å². The number of hydrogen-bond acceptors (Lipinski definition) is 4. The van der Waals surface area contributed by atoms with Gasteiger partial charge in [-0.2, -0.15) is 17.5 Å². The van der Waals surface area contributed by atoms with Gasteiger partial charge in [0.05, 0.1) is 23.5 Å². The number of alkyl halides is 3. The molecule has 1 amide bonds. The number of rotatable bonds is 8. The monoisotopic (exact) mass is 574 g/mol. The molecule has 1 aliphatic heterocycles. The predicted octanol–water partition coefficient (Wildman–Crippen LogP) is 4.78. The summed E-state index contributed by atoms with van der Waals surface area (Å²) < 4.78 is 68.2. The van der Waals surface area contributed by atoms with Gasteiger partial charge in [-0.05, 0) is 67.1 Å². The van der Waals surface area contributed by atoms with Gasteiger partial charge in [-0.3, -0.25) is 4.79 Å². The quantitative estimate of drug-likeness (QED) is 0.406. The van der Waals surface area contributed by atoms with Crippen molar-refractivity contribution in [3.63, 3.8) is 0 Å². The Hall–Kier alpha value is -3.15. The summed E-state index contributed by atoms with van der Waals surface area (Å²) in [4.78, 5) is 13.6. The molecule has 0 saturated heterocycles. The topological polar surface area (TPSA) is 83.4 Å². The van der Waals surface area contributed by atoms with E-state index in [0.29, 0.717) is 6.54 Å². The average Bonchev–Trinajstić information content (AvgIpc) is 3.38. The van der Waals surface area contributed by atoms with Gasteiger partial charge in [-0.15, -0.1) is 0 Å². The number of aryl methyl sites for hydroxylation is 2. The van der Waals surface area contributed by atoms with Crippen LogP contribution in [0.3, 0.4) is 0 Å². The third-order valence-corrected chi connectivity index (χ3v) is 9.56. The van der Waals surface area contributed by atoms with Crippen molar-refractivity contribution in [2.45, 2.75) is 68.9 Å². The Morgan fingerprint density at radius 1 is 1.07 bits per heavy atom. The molecule has 2 N–H and O–H groups in total. The standard InChI is InChI=1S/C29H33F3N4O3S/c1-20-7-10-23(11-8-20)40(38,39)36-15-14-35-13-3-6-26(35)27(36)17-28(37)34-25-5-2-4-22-16-21(9-12-24(22)25)18-33-19-29(30,31)32/h3,6-13,16,25,27,33H,2,4-5,14-15,17-19H2,1H3,(H,34,37). The molecule has 0 spiro atoms. The highest BCUT2D eigenvalue weighted by molar-refractivity contribution is 7.89. The van der Waals surface area contributed by atoms with Gasteiger partial charge in [0.1, 0.15) is 0 Å². The number of carbonyl (C=O) groups excluding carboxylic acids is 1. The van der Waals surface area contributed by atoms with Crippen molar-refractivity contribution in [2.24, 2.45) is 0 Å². The Balaban J connectivity index is 1.31. The van der Waals surface area contributed by atoms with Crippen LogP contribution in [0.15, 0.2) is 65.7 Å². The zero-order chi connectivity index (χ0) is 28.5. The van der Waals surface area contributed by atoms with E-state index in [0.717, 1.165) is 47.2 Å². The van der Waals surface area contributed by atoms with E-state index < -0.39 is 28.8 Å². The molecule has 5 rings (SSSR count). The van der Waals surface area contributed by atoms with Crippen molar-refractivity contribution in [1.29, 1.82) is 0 Å². The maximum Gasteiger partial charge on any atom is 0.401 e. The van der Waals surface area contributed by atoms with Gasteiger partial charge in [0, 0.05) is 37.9 Å². The van der Waals surface area contributed by atoms with Crippen molar-refractivity contribution >= 4 is 15.9 Å². The summed E-state index contributed by atoms with van der Waals surface area (Å²) in [5.74, 6) is -0.252. The Labute approximate surface area is 232 Å². The van der Waals surface area contributed by atoms with E-state index in [1.807, 2.05) is 42.0 Å². The predicted molar refractivity (Wildman–Crippen MR) is 145 cm³/mol. The van der Waals surface area contributed by atoms with Gasteiger partial charge >= 0.3 is 6.18 Å². The lowest BCUT2D eigenvalue weighted by atomic mass is 9.86. The molecule has 0 saturated carbocycles. The molecule has 7 nitrogen and oxygen atoms in total. The van der Waals surface area contributed by atoms with Crippen molar-refractivity contribution in [3.8, 4) is 0 Å². The number of carbonyl (C=O) groups is 1. The van der Waals surface area contributed by atoms with Gasteiger partial charge in [0.15, 0.2) is 0 Å². The minimum atomic E-state index is -4.27. The highest BCUT2D eigenvalue weighted by atomic mass is 32.2. The molecule has 0 fully saturated rings. The molecule has 3 aromatic rings. The van der Waals surface area contributed by atoms with Crippen LogP contribution in [-0.2, 0) is 34.3 Å². The fraction of sp³-hybridized carbons (Fsp3) is 0.414. The van der Waals surface area contributed by atoms with Crippen molar-refractivity contribution in [3.05, 3.63) is 88.7 Å². The molecule has 1 aliphatic carbocycles. The summed E-state index contributed by atoms with van der Waals surface area (Å²) >= 11 is 0. The largest absolute Gasteiger partial charge is 0.401 e. The van der Waals surface area contributed by atoms with Crippen LogP contribution in [0.5, 0.6) is 0 Å². The van der Waals surface area contributed by atoms with Gasteiger partial charge in [0.25, 0.3) is 0 Å². The number of nitrogens with zero attached hydrogens (tertiary/aromatic N) is 2. The molecule has 40 heavy (non-hydrogen) atoms. The molecule has 2 aromatic carbocycles. The fourth-order valence-corrected chi connectivity index (χ4v) is 7.28. The Bertz CT molecular complexity index is 1470. The molecule has 2 atom stereocenters. The van der Waals surface area contributed by atoms with Gasteiger partial charge in [-0.25, -0.2) is 8.42 Å². The van der Waals surface area contributed by atoms with Crippen LogP contribution in [0.25, 0.3) is 0 Å². The molecule has 11 heteroatoms. The lowest BCUT2D eigenvalue weighted by Crippen LogP contribution is -2.44. The smallest absolute Gasteiger partial charge is 0.349 e. The number of benzene rings is 2. The summed E-state index contributed by atoms with van der Waals surface area (Å²) in [5, 5.41) is 5.54. The Kier molecular flexibility index (Phi) is 8.08. The number of sulfonamides is 1. The van der Waals surface area contributed by atoms with Crippen LogP contribution in [-0.4, -0.2) is 42.5 Å². The molecule has 2 aliphatic rings. The number of aromatic nitrogens is 1. The fourth-order valence-electron chi connectivity index (χ4n) is 5.69. The van der Waals surface area contributed by atoms with Gasteiger partial charge in [0.2, 0.25) is 15.9 Å². The third-order valence-electron chi connectivity index (χ3n) is 7.63.